The van der Waals surface area contributed by atoms with Crippen molar-refractivity contribution >= 4 is 5.91 Å². The van der Waals surface area contributed by atoms with Crippen molar-refractivity contribution in [2.45, 2.75) is 12.6 Å². The van der Waals surface area contributed by atoms with E-state index in [9.17, 15) is 4.79 Å². The first-order valence-corrected chi connectivity index (χ1v) is 9.23. The zero-order chi connectivity index (χ0) is 18.8. The monoisotopic (exact) mass is 371 g/mol. The standard InChI is InChI=1S/C19H25N5O3/c1-23-16(5-7-22-23)18(25)21-8-14-12-27-17-11-24(10-15(14)17)9-13-4-3-6-20-19(13)26-2/h3-7,14-15,17H,8-12H2,1-2H3,(H,21,25)/t14-,15+,17+/m1/s1. The van der Waals surface area contributed by atoms with Crippen LogP contribution in [0.4, 0.5) is 0 Å². The molecule has 1 N–H and O–H groups in total. The van der Waals surface area contributed by atoms with Crippen molar-refractivity contribution < 1.29 is 14.3 Å². The van der Waals surface area contributed by atoms with Gasteiger partial charge in [0.05, 0.1) is 19.8 Å². The molecule has 4 rings (SSSR count). The molecule has 2 aromatic heterocycles. The Morgan fingerprint density at radius 1 is 1.37 bits per heavy atom. The number of likely N-dealkylation sites (tertiary alicyclic amines) is 1. The van der Waals surface area contributed by atoms with E-state index in [0.29, 0.717) is 36.6 Å². The van der Waals surface area contributed by atoms with E-state index >= 15 is 0 Å². The molecule has 0 aromatic carbocycles. The Kier molecular flexibility index (Phi) is 5.09. The molecule has 8 heteroatoms. The predicted octanol–water partition coefficient (Wildman–Crippen LogP) is 0.701. The van der Waals surface area contributed by atoms with Gasteiger partial charge in [0.25, 0.3) is 5.91 Å². The number of rotatable bonds is 6. The van der Waals surface area contributed by atoms with Crippen LogP contribution in [0.2, 0.25) is 0 Å². The molecule has 0 saturated carbocycles. The number of carbonyl (C=O) groups is 1. The molecular formula is C19H25N5O3. The lowest BCUT2D eigenvalue weighted by Crippen LogP contribution is -2.35. The fourth-order valence-corrected chi connectivity index (χ4v) is 4.10. The van der Waals surface area contributed by atoms with Gasteiger partial charge >= 0.3 is 0 Å². The van der Waals surface area contributed by atoms with Crippen LogP contribution in [-0.2, 0) is 18.3 Å². The van der Waals surface area contributed by atoms with E-state index in [1.54, 1.807) is 37.3 Å². The molecule has 0 radical (unpaired) electrons. The lowest BCUT2D eigenvalue weighted by atomic mass is 9.93. The maximum atomic E-state index is 12.3. The average molecular weight is 371 g/mol. The first kappa shape index (κ1) is 17.9. The molecule has 2 aliphatic heterocycles. The van der Waals surface area contributed by atoms with E-state index in [0.717, 1.165) is 25.2 Å². The highest BCUT2D eigenvalue weighted by Gasteiger charge is 2.43. The molecule has 4 heterocycles. The first-order chi connectivity index (χ1) is 13.2. The second kappa shape index (κ2) is 7.66. The summed E-state index contributed by atoms with van der Waals surface area (Å²) in [6.07, 6.45) is 3.60. The van der Waals surface area contributed by atoms with Crippen LogP contribution in [0.15, 0.2) is 30.6 Å². The molecule has 0 unspecified atom stereocenters. The molecule has 144 valence electrons. The number of pyridine rings is 1. The minimum Gasteiger partial charge on any atom is -0.481 e. The van der Waals surface area contributed by atoms with Crippen LogP contribution >= 0.6 is 0 Å². The minimum atomic E-state index is -0.0894. The van der Waals surface area contributed by atoms with Gasteiger partial charge in [-0.3, -0.25) is 14.4 Å². The SMILES string of the molecule is COc1ncccc1CN1C[C@H]2[C@H](CNC(=O)c3ccnn3C)CO[C@H]2C1. The van der Waals surface area contributed by atoms with Crippen LogP contribution in [0.5, 0.6) is 5.88 Å². The lowest BCUT2D eigenvalue weighted by molar-refractivity contribution is 0.0898. The summed E-state index contributed by atoms with van der Waals surface area (Å²) in [5.74, 6) is 1.34. The van der Waals surface area contributed by atoms with Crippen molar-refractivity contribution in [1.82, 2.24) is 25.0 Å². The Morgan fingerprint density at radius 2 is 2.26 bits per heavy atom. The number of nitrogens with zero attached hydrogens (tertiary/aromatic N) is 4. The van der Waals surface area contributed by atoms with E-state index in [4.69, 9.17) is 9.47 Å². The average Bonchev–Trinajstić information content (AvgIpc) is 3.36. The van der Waals surface area contributed by atoms with Gasteiger partial charge in [-0.15, -0.1) is 0 Å². The van der Waals surface area contributed by atoms with Crippen molar-refractivity contribution in [3.8, 4) is 5.88 Å². The summed E-state index contributed by atoms with van der Waals surface area (Å²) in [4.78, 5) is 19.0. The predicted molar refractivity (Wildman–Crippen MR) is 98.3 cm³/mol. The maximum Gasteiger partial charge on any atom is 0.269 e. The van der Waals surface area contributed by atoms with Gasteiger partial charge in [0.1, 0.15) is 5.69 Å². The number of ether oxygens (including phenoxy) is 2. The van der Waals surface area contributed by atoms with Crippen LogP contribution in [0.3, 0.4) is 0 Å². The van der Waals surface area contributed by atoms with Gasteiger partial charge in [0.15, 0.2) is 0 Å². The highest BCUT2D eigenvalue weighted by Crippen LogP contribution is 2.34. The molecule has 2 fully saturated rings. The summed E-state index contributed by atoms with van der Waals surface area (Å²) in [5, 5.41) is 7.08. The third-order valence-electron chi connectivity index (χ3n) is 5.53. The molecule has 8 nitrogen and oxygen atoms in total. The van der Waals surface area contributed by atoms with Crippen molar-refractivity contribution in [3.63, 3.8) is 0 Å². The second-order valence-electron chi connectivity index (χ2n) is 7.21. The third kappa shape index (κ3) is 3.68. The fraction of sp³-hybridized carbons (Fsp3) is 0.526. The Balaban J connectivity index is 1.33. The summed E-state index contributed by atoms with van der Waals surface area (Å²) in [6.45, 7) is 3.96. The number of aryl methyl sites for hydroxylation is 1. The quantitative estimate of drug-likeness (QED) is 0.805. The summed E-state index contributed by atoms with van der Waals surface area (Å²) >= 11 is 0. The molecule has 1 amide bonds. The topological polar surface area (TPSA) is 81.5 Å². The molecular weight excluding hydrogens is 346 g/mol. The van der Waals surface area contributed by atoms with E-state index < -0.39 is 0 Å². The van der Waals surface area contributed by atoms with E-state index in [-0.39, 0.29) is 12.0 Å². The zero-order valence-corrected chi connectivity index (χ0v) is 15.7. The molecule has 2 aromatic rings. The van der Waals surface area contributed by atoms with Crippen LogP contribution in [0, 0.1) is 11.8 Å². The number of aromatic nitrogens is 3. The number of hydrogen-bond acceptors (Lipinski definition) is 6. The number of nitrogens with one attached hydrogen (secondary N) is 1. The Bertz CT molecular complexity index is 808. The maximum absolute atomic E-state index is 12.3. The highest BCUT2D eigenvalue weighted by atomic mass is 16.5. The van der Waals surface area contributed by atoms with Gasteiger partial charge < -0.3 is 14.8 Å². The molecule has 2 aliphatic rings. The molecule has 3 atom stereocenters. The van der Waals surface area contributed by atoms with E-state index in [2.05, 4.69) is 20.3 Å². The van der Waals surface area contributed by atoms with Crippen LogP contribution in [0.25, 0.3) is 0 Å². The normalized spacial score (nSPS) is 24.7. The zero-order valence-electron chi connectivity index (χ0n) is 15.7. The third-order valence-corrected chi connectivity index (χ3v) is 5.53. The number of hydrogen-bond donors (Lipinski definition) is 1. The lowest BCUT2D eigenvalue weighted by Gasteiger charge is -2.20. The van der Waals surface area contributed by atoms with E-state index in [1.165, 1.54) is 0 Å². The number of amides is 1. The number of carbonyl (C=O) groups excluding carboxylic acids is 1. The van der Waals surface area contributed by atoms with Gasteiger partial charge in [-0.2, -0.15) is 5.10 Å². The number of fused-ring (bicyclic) bond motifs is 1. The summed E-state index contributed by atoms with van der Waals surface area (Å²) in [6, 6.07) is 5.70. The Hall–Kier alpha value is -2.45. The highest BCUT2D eigenvalue weighted by molar-refractivity contribution is 5.92. The van der Waals surface area contributed by atoms with Crippen molar-refractivity contribution in [3.05, 3.63) is 41.9 Å². The van der Waals surface area contributed by atoms with Crippen molar-refractivity contribution in [2.24, 2.45) is 18.9 Å². The molecule has 0 bridgehead atoms. The summed E-state index contributed by atoms with van der Waals surface area (Å²) in [7, 11) is 3.42. The summed E-state index contributed by atoms with van der Waals surface area (Å²) < 4.78 is 12.9. The summed E-state index contributed by atoms with van der Waals surface area (Å²) in [5.41, 5.74) is 1.66. The first-order valence-electron chi connectivity index (χ1n) is 9.23. The van der Waals surface area contributed by atoms with Gasteiger partial charge in [-0.05, 0) is 12.1 Å². The van der Waals surface area contributed by atoms with Gasteiger partial charge in [-0.25, -0.2) is 4.98 Å². The smallest absolute Gasteiger partial charge is 0.269 e. The van der Waals surface area contributed by atoms with Crippen LogP contribution in [-0.4, -0.2) is 65.0 Å². The Morgan fingerprint density at radius 3 is 3.04 bits per heavy atom. The van der Waals surface area contributed by atoms with Gasteiger partial charge in [0.2, 0.25) is 5.88 Å². The fourth-order valence-electron chi connectivity index (χ4n) is 4.10. The molecule has 0 spiro atoms. The Labute approximate surface area is 158 Å². The van der Waals surface area contributed by atoms with Crippen molar-refractivity contribution in [1.29, 1.82) is 0 Å². The molecule has 27 heavy (non-hydrogen) atoms. The molecule has 0 aliphatic carbocycles. The van der Waals surface area contributed by atoms with Crippen LogP contribution in [0.1, 0.15) is 16.1 Å². The largest absolute Gasteiger partial charge is 0.481 e. The molecule has 2 saturated heterocycles. The number of methoxy groups -OCH3 is 1. The minimum absolute atomic E-state index is 0.0894. The van der Waals surface area contributed by atoms with Crippen LogP contribution < -0.4 is 10.1 Å². The van der Waals surface area contributed by atoms with Gasteiger partial charge in [0, 0.05) is 63.0 Å². The second-order valence-corrected chi connectivity index (χ2v) is 7.21. The van der Waals surface area contributed by atoms with Crippen molar-refractivity contribution in [2.75, 3.05) is 33.4 Å². The van der Waals surface area contributed by atoms with Gasteiger partial charge in [-0.1, -0.05) is 6.07 Å². The van der Waals surface area contributed by atoms with E-state index in [1.807, 2.05) is 12.1 Å².